The Kier molecular flexibility index (Phi) is 5.24. The standard InChI is InChI=1S/C37H28N2O/c1-2-3-9-24-16-21-28-29-10-4-6-14-33(29)39-34(23-38-37(39)32(28)22-24)26-19-17-25(18-20-26)27-12-8-13-31-30-11-5-7-15-35(30)40-36(27)31/h4-8,10-23H,2-3,9H2,1H3. The maximum Gasteiger partial charge on any atom is 0.145 e. The van der Waals surface area contributed by atoms with Crippen molar-refractivity contribution >= 4 is 49.3 Å². The van der Waals surface area contributed by atoms with Gasteiger partial charge in [0.2, 0.25) is 0 Å². The maximum absolute atomic E-state index is 6.31. The lowest BCUT2D eigenvalue weighted by atomic mass is 10.00. The fourth-order valence-corrected chi connectivity index (χ4v) is 6.23. The predicted molar refractivity (Wildman–Crippen MR) is 167 cm³/mol. The fourth-order valence-electron chi connectivity index (χ4n) is 6.23. The molecule has 192 valence electrons. The van der Waals surface area contributed by atoms with Crippen LogP contribution in [0.2, 0.25) is 0 Å². The molecule has 0 radical (unpaired) electrons. The second-order valence-electron chi connectivity index (χ2n) is 10.7. The maximum atomic E-state index is 6.31. The molecule has 0 atom stereocenters. The van der Waals surface area contributed by atoms with E-state index in [-0.39, 0.29) is 0 Å². The van der Waals surface area contributed by atoms with Crippen molar-refractivity contribution in [3.05, 3.63) is 121 Å². The SMILES string of the molecule is CCCCc1ccc2c3ccccc3n3c(-c4ccc(-c5cccc6c5oc5ccccc56)cc4)cnc3c2c1. The highest BCUT2D eigenvalue weighted by Gasteiger charge is 2.16. The van der Waals surface area contributed by atoms with Crippen LogP contribution in [0.15, 0.2) is 120 Å². The molecule has 8 rings (SSSR count). The molecule has 8 aromatic rings. The largest absolute Gasteiger partial charge is 0.455 e. The summed E-state index contributed by atoms with van der Waals surface area (Å²) in [4.78, 5) is 4.99. The Morgan fingerprint density at radius 1 is 0.675 bits per heavy atom. The molecule has 3 aromatic heterocycles. The second kappa shape index (κ2) is 9.10. The minimum absolute atomic E-state index is 0.921. The predicted octanol–water partition coefficient (Wildman–Crippen LogP) is 10.2. The summed E-state index contributed by atoms with van der Waals surface area (Å²) >= 11 is 0. The lowest BCUT2D eigenvalue weighted by Crippen LogP contribution is -1.95. The minimum Gasteiger partial charge on any atom is -0.455 e. The number of hydrogen-bond acceptors (Lipinski definition) is 2. The smallest absolute Gasteiger partial charge is 0.145 e. The number of fused-ring (bicyclic) bond motifs is 9. The van der Waals surface area contributed by atoms with E-state index in [9.17, 15) is 0 Å². The summed E-state index contributed by atoms with van der Waals surface area (Å²) < 4.78 is 8.64. The molecule has 3 heterocycles. The van der Waals surface area contributed by atoms with Crippen LogP contribution in [0.4, 0.5) is 0 Å². The molecule has 0 bridgehead atoms. The van der Waals surface area contributed by atoms with E-state index in [1.807, 2.05) is 18.3 Å². The average molecular weight is 517 g/mol. The van der Waals surface area contributed by atoms with Crippen molar-refractivity contribution in [1.29, 1.82) is 0 Å². The molecule has 0 N–H and O–H groups in total. The lowest BCUT2D eigenvalue weighted by Gasteiger charge is -2.12. The number of hydrogen-bond donors (Lipinski definition) is 0. The van der Waals surface area contributed by atoms with Crippen LogP contribution in [0.25, 0.3) is 71.6 Å². The van der Waals surface area contributed by atoms with Crippen molar-refractivity contribution in [2.24, 2.45) is 0 Å². The Bertz CT molecular complexity index is 2200. The van der Waals surface area contributed by atoms with E-state index < -0.39 is 0 Å². The molecule has 0 aliphatic rings. The van der Waals surface area contributed by atoms with Gasteiger partial charge in [-0.2, -0.15) is 0 Å². The number of imidazole rings is 1. The second-order valence-corrected chi connectivity index (χ2v) is 10.7. The van der Waals surface area contributed by atoms with E-state index in [1.165, 1.54) is 40.1 Å². The molecule has 0 amide bonds. The molecule has 0 saturated carbocycles. The summed E-state index contributed by atoms with van der Waals surface area (Å²) in [5, 5.41) is 6.02. The normalized spacial score (nSPS) is 11.9. The molecule has 0 spiro atoms. The van der Waals surface area contributed by atoms with Crippen LogP contribution < -0.4 is 0 Å². The number of benzene rings is 5. The number of aromatic nitrogens is 2. The Morgan fingerprint density at radius 2 is 1.45 bits per heavy atom. The van der Waals surface area contributed by atoms with Gasteiger partial charge in [-0.1, -0.05) is 104 Å². The number of furan rings is 1. The summed E-state index contributed by atoms with van der Waals surface area (Å²) in [6, 6.07) is 39.0. The zero-order valence-electron chi connectivity index (χ0n) is 22.4. The molecular formula is C37H28N2O. The van der Waals surface area contributed by atoms with Crippen LogP contribution in [0.3, 0.4) is 0 Å². The Balaban J connectivity index is 1.29. The molecule has 5 aromatic carbocycles. The molecule has 0 saturated heterocycles. The highest BCUT2D eigenvalue weighted by atomic mass is 16.3. The van der Waals surface area contributed by atoms with Gasteiger partial charge in [-0.3, -0.25) is 4.40 Å². The molecule has 40 heavy (non-hydrogen) atoms. The van der Waals surface area contributed by atoms with Crippen LogP contribution in [0, 0.1) is 0 Å². The van der Waals surface area contributed by atoms with E-state index in [0.717, 1.165) is 56.4 Å². The zero-order chi connectivity index (χ0) is 26.6. The van der Waals surface area contributed by atoms with Crippen LogP contribution in [0.5, 0.6) is 0 Å². The zero-order valence-corrected chi connectivity index (χ0v) is 22.4. The summed E-state index contributed by atoms with van der Waals surface area (Å²) in [5.74, 6) is 0. The first-order valence-corrected chi connectivity index (χ1v) is 14.1. The molecule has 3 nitrogen and oxygen atoms in total. The van der Waals surface area contributed by atoms with E-state index in [4.69, 9.17) is 9.40 Å². The van der Waals surface area contributed by atoms with Gasteiger partial charge in [-0.05, 0) is 47.6 Å². The summed E-state index contributed by atoms with van der Waals surface area (Å²) in [5.41, 5.74) is 9.90. The van der Waals surface area contributed by atoms with Gasteiger partial charge in [0.1, 0.15) is 16.8 Å². The summed E-state index contributed by atoms with van der Waals surface area (Å²) in [7, 11) is 0. The quantitative estimate of drug-likeness (QED) is 0.213. The van der Waals surface area contributed by atoms with Gasteiger partial charge in [0.15, 0.2) is 0 Å². The van der Waals surface area contributed by atoms with Crippen LogP contribution in [0.1, 0.15) is 25.3 Å². The van der Waals surface area contributed by atoms with Gasteiger partial charge < -0.3 is 4.42 Å². The number of rotatable bonds is 5. The Morgan fingerprint density at radius 3 is 2.33 bits per heavy atom. The van der Waals surface area contributed by atoms with Crippen molar-refractivity contribution in [1.82, 2.24) is 9.38 Å². The van der Waals surface area contributed by atoms with Gasteiger partial charge in [0.05, 0.1) is 17.4 Å². The van der Waals surface area contributed by atoms with E-state index >= 15 is 0 Å². The molecule has 0 aliphatic carbocycles. The number of para-hydroxylation sites is 3. The van der Waals surface area contributed by atoms with Gasteiger partial charge in [0, 0.05) is 32.7 Å². The third-order valence-corrected chi connectivity index (χ3v) is 8.24. The van der Waals surface area contributed by atoms with Crippen molar-refractivity contribution in [2.75, 3.05) is 0 Å². The third-order valence-electron chi connectivity index (χ3n) is 8.24. The monoisotopic (exact) mass is 516 g/mol. The van der Waals surface area contributed by atoms with Gasteiger partial charge in [-0.25, -0.2) is 4.98 Å². The molecule has 0 aliphatic heterocycles. The number of pyridine rings is 1. The van der Waals surface area contributed by atoms with Crippen LogP contribution >= 0.6 is 0 Å². The topological polar surface area (TPSA) is 30.4 Å². The van der Waals surface area contributed by atoms with Gasteiger partial charge in [0.25, 0.3) is 0 Å². The van der Waals surface area contributed by atoms with Crippen molar-refractivity contribution in [3.63, 3.8) is 0 Å². The van der Waals surface area contributed by atoms with Gasteiger partial charge in [-0.15, -0.1) is 0 Å². The van der Waals surface area contributed by atoms with Crippen LogP contribution in [-0.4, -0.2) is 9.38 Å². The van der Waals surface area contributed by atoms with Crippen molar-refractivity contribution < 1.29 is 4.42 Å². The number of nitrogens with zero attached hydrogens (tertiary/aromatic N) is 2. The fraction of sp³-hybridized carbons (Fsp3) is 0.108. The van der Waals surface area contributed by atoms with E-state index in [2.05, 4.69) is 108 Å². The number of aryl methyl sites for hydroxylation is 1. The first kappa shape index (κ1) is 23.0. The first-order valence-electron chi connectivity index (χ1n) is 14.1. The average Bonchev–Trinajstić information content (AvgIpc) is 3.63. The minimum atomic E-state index is 0.921. The van der Waals surface area contributed by atoms with Crippen molar-refractivity contribution in [2.45, 2.75) is 26.2 Å². The highest BCUT2D eigenvalue weighted by molar-refractivity contribution is 6.13. The van der Waals surface area contributed by atoms with E-state index in [1.54, 1.807) is 0 Å². The molecular weight excluding hydrogens is 488 g/mol. The molecule has 0 fully saturated rings. The lowest BCUT2D eigenvalue weighted by molar-refractivity contribution is 0.670. The van der Waals surface area contributed by atoms with Crippen molar-refractivity contribution in [3.8, 4) is 22.4 Å². The van der Waals surface area contributed by atoms with Gasteiger partial charge >= 0.3 is 0 Å². The Hall–Kier alpha value is -4.89. The van der Waals surface area contributed by atoms with E-state index in [0.29, 0.717) is 0 Å². The highest BCUT2D eigenvalue weighted by Crippen LogP contribution is 2.37. The van der Waals surface area contributed by atoms with Crippen LogP contribution in [-0.2, 0) is 6.42 Å². The first-order chi connectivity index (χ1) is 19.8. The molecule has 3 heteroatoms. The summed E-state index contributed by atoms with van der Waals surface area (Å²) in [6.45, 7) is 2.25. The molecule has 0 unspecified atom stereocenters. The summed E-state index contributed by atoms with van der Waals surface area (Å²) in [6.07, 6.45) is 5.51. The number of unbranched alkanes of at least 4 members (excludes halogenated alkanes) is 1. The third kappa shape index (κ3) is 3.48. The Labute approximate surface area is 232 Å².